The van der Waals surface area contributed by atoms with Crippen LogP contribution in [0, 0.1) is 0 Å². The Hall–Kier alpha value is -5.99. The first-order valence-corrected chi connectivity index (χ1v) is 15.5. The Balaban J connectivity index is 1.35. The van der Waals surface area contributed by atoms with Crippen LogP contribution in [-0.2, 0) is 0 Å². The Morgan fingerprint density at radius 3 is 1.62 bits per heavy atom. The van der Waals surface area contributed by atoms with Crippen LogP contribution in [0.5, 0.6) is 0 Å². The second-order valence-electron chi connectivity index (χ2n) is 11.9. The van der Waals surface area contributed by atoms with E-state index in [-0.39, 0.29) is 0 Å². The van der Waals surface area contributed by atoms with Gasteiger partial charge in [0.05, 0.1) is 16.6 Å². The van der Waals surface area contributed by atoms with Crippen LogP contribution >= 0.6 is 0 Å². The van der Waals surface area contributed by atoms with Gasteiger partial charge in [-0.15, -0.1) is 0 Å². The van der Waals surface area contributed by atoms with Crippen LogP contribution in [0.4, 0.5) is 0 Å². The molecule has 0 aliphatic heterocycles. The van der Waals surface area contributed by atoms with Crippen molar-refractivity contribution >= 4 is 70.7 Å². The van der Waals surface area contributed by atoms with E-state index < -0.39 is 0 Å². The van der Waals surface area contributed by atoms with Crippen molar-refractivity contribution in [2.45, 2.75) is 0 Å². The number of para-hydroxylation sites is 1. The molecule has 208 valence electrons. The van der Waals surface area contributed by atoms with Gasteiger partial charge in [0, 0.05) is 10.8 Å². The highest BCUT2D eigenvalue weighted by molar-refractivity contribution is 6.22. The van der Waals surface area contributed by atoms with Gasteiger partial charge >= 0.3 is 0 Å². The molecule has 0 amide bonds. The number of aromatic nitrogens is 2. The zero-order valence-corrected chi connectivity index (χ0v) is 24.4. The van der Waals surface area contributed by atoms with E-state index in [0.717, 1.165) is 16.7 Å². The molecule has 2 aromatic heterocycles. The van der Waals surface area contributed by atoms with E-state index in [1.54, 1.807) is 0 Å². The number of hydrogen-bond donors (Lipinski definition) is 0. The van der Waals surface area contributed by atoms with E-state index in [4.69, 9.17) is 4.98 Å². The van der Waals surface area contributed by atoms with Gasteiger partial charge in [-0.3, -0.25) is 4.40 Å². The van der Waals surface area contributed by atoms with Crippen molar-refractivity contribution in [3.8, 4) is 22.3 Å². The van der Waals surface area contributed by atoms with Gasteiger partial charge in [0.15, 0.2) is 0 Å². The standard InChI is InChI=1S/C43H26N2/c1-2-12-27(13-3-1)41-31-16-6-4-14-28(31)25-37-36(41)24-29-15-5-7-17-32(29)42(37)30-22-23-40-38(26-30)44-43-35-20-9-8-18-33(35)34-19-10-11-21-39(34)45(40)43/h1-26H. The topological polar surface area (TPSA) is 17.3 Å². The van der Waals surface area contributed by atoms with Crippen LogP contribution in [0.15, 0.2) is 158 Å². The molecule has 0 bridgehead atoms. The average Bonchev–Trinajstić information content (AvgIpc) is 3.49. The molecule has 8 aromatic carbocycles. The van der Waals surface area contributed by atoms with Crippen molar-refractivity contribution < 1.29 is 0 Å². The van der Waals surface area contributed by atoms with E-state index in [1.807, 2.05) is 0 Å². The molecule has 0 fully saturated rings. The van der Waals surface area contributed by atoms with Crippen LogP contribution in [0.1, 0.15) is 0 Å². The van der Waals surface area contributed by atoms with Crippen LogP contribution < -0.4 is 0 Å². The Morgan fingerprint density at radius 1 is 0.356 bits per heavy atom. The van der Waals surface area contributed by atoms with Crippen molar-refractivity contribution in [1.82, 2.24) is 9.38 Å². The molecule has 45 heavy (non-hydrogen) atoms. The first-order valence-electron chi connectivity index (χ1n) is 15.5. The summed E-state index contributed by atoms with van der Waals surface area (Å²) in [6, 6.07) is 57.3. The highest BCUT2D eigenvalue weighted by Gasteiger charge is 2.18. The Bertz CT molecular complexity index is 2810. The largest absolute Gasteiger partial charge is 0.292 e. The number of fused-ring (bicyclic) bond motifs is 11. The summed E-state index contributed by atoms with van der Waals surface area (Å²) in [5.74, 6) is 0. The molecule has 10 rings (SSSR count). The van der Waals surface area contributed by atoms with Gasteiger partial charge in [0.1, 0.15) is 5.65 Å². The number of hydrogen-bond acceptors (Lipinski definition) is 1. The van der Waals surface area contributed by atoms with Gasteiger partial charge in [-0.1, -0.05) is 127 Å². The van der Waals surface area contributed by atoms with Crippen molar-refractivity contribution in [3.05, 3.63) is 158 Å². The van der Waals surface area contributed by atoms with Gasteiger partial charge in [-0.2, -0.15) is 0 Å². The Morgan fingerprint density at radius 2 is 0.911 bits per heavy atom. The predicted octanol–water partition coefficient (Wildman–Crippen LogP) is 11.6. The van der Waals surface area contributed by atoms with E-state index in [2.05, 4.69) is 162 Å². The monoisotopic (exact) mass is 570 g/mol. The van der Waals surface area contributed by atoms with E-state index in [9.17, 15) is 0 Å². The van der Waals surface area contributed by atoms with Crippen LogP contribution in [0.25, 0.3) is 92.9 Å². The molecule has 0 radical (unpaired) electrons. The molecule has 0 spiro atoms. The normalized spacial score (nSPS) is 12.0. The molecule has 2 heteroatoms. The number of pyridine rings is 1. The lowest BCUT2D eigenvalue weighted by Crippen LogP contribution is -1.91. The van der Waals surface area contributed by atoms with Crippen LogP contribution in [0.2, 0.25) is 0 Å². The van der Waals surface area contributed by atoms with E-state index >= 15 is 0 Å². The summed E-state index contributed by atoms with van der Waals surface area (Å²) >= 11 is 0. The predicted molar refractivity (Wildman–Crippen MR) is 191 cm³/mol. The Kier molecular flexibility index (Phi) is 5.03. The zero-order valence-electron chi connectivity index (χ0n) is 24.4. The van der Waals surface area contributed by atoms with Crippen molar-refractivity contribution in [1.29, 1.82) is 0 Å². The molecule has 10 aromatic rings. The summed E-state index contributed by atoms with van der Waals surface area (Å²) in [6.45, 7) is 0. The SMILES string of the molecule is c1ccc(-c2c3ccccc3cc3c(-c4ccc5c(c4)nc4c6ccccc6c6ccccc6n54)c4ccccc4cc23)cc1. The number of rotatable bonds is 2. The third-order valence-electron chi connectivity index (χ3n) is 9.50. The van der Waals surface area contributed by atoms with Gasteiger partial charge < -0.3 is 0 Å². The number of nitrogens with zero attached hydrogens (tertiary/aromatic N) is 2. The van der Waals surface area contributed by atoms with Crippen LogP contribution in [-0.4, -0.2) is 9.38 Å². The van der Waals surface area contributed by atoms with Crippen molar-refractivity contribution in [2.75, 3.05) is 0 Å². The fraction of sp³-hybridized carbons (Fsp3) is 0. The van der Waals surface area contributed by atoms with Gasteiger partial charge in [0.25, 0.3) is 0 Å². The molecular weight excluding hydrogens is 544 g/mol. The van der Waals surface area contributed by atoms with Gasteiger partial charge in [-0.25, -0.2) is 4.98 Å². The summed E-state index contributed by atoms with van der Waals surface area (Å²) in [7, 11) is 0. The summed E-state index contributed by atoms with van der Waals surface area (Å²) in [4.78, 5) is 5.32. The molecule has 0 N–H and O–H groups in total. The minimum Gasteiger partial charge on any atom is -0.292 e. The maximum absolute atomic E-state index is 5.32. The molecule has 0 atom stereocenters. The third-order valence-corrected chi connectivity index (χ3v) is 9.50. The van der Waals surface area contributed by atoms with Crippen molar-refractivity contribution in [3.63, 3.8) is 0 Å². The molecule has 0 aliphatic rings. The van der Waals surface area contributed by atoms with E-state index in [0.29, 0.717) is 0 Å². The van der Waals surface area contributed by atoms with Crippen LogP contribution in [0.3, 0.4) is 0 Å². The molecule has 0 saturated heterocycles. The average molecular weight is 571 g/mol. The summed E-state index contributed by atoms with van der Waals surface area (Å²) in [6.07, 6.45) is 0. The second kappa shape index (κ2) is 9.25. The number of benzene rings is 8. The smallest absolute Gasteiger partial charge is 0.146 e. The maximum atomic E-state index is 5.32. The molecule has 2 nitrogen and oxygen atoms in total. The maximum Gasteiger partial charge on any atom is 0.146 e. The zero-order chi connectivity index (χ0) is 29.5. The minimum absolute atomic E-state index is 0.997. The lowest BCUT2D eigenvalue weighted by atomic mass is 9.86. The lowest BCUT2D eigenvalue weighted by molar-refractivity contribution is 1.31. The fourth-order valence-electron chi connectivity index (χ4n) is 7.57. The van der Waals surface area contributed by atoms with E-state index in [1.165, 1.54) is 76.2 Å². The van der Waals surface area contributed by atoms with Gasteiger partial charge in [0.2, 0.25) is 0 Å². The summed E-state index contributed by atoms with van der Waals surface area (Å²) < 4.78 is 2.33. The first-order chi connectivity index (χ1) is 22.3. The van der Waals surface area contributed by atoms with Crippen molar-refractivity contribution in [2.24, 2.45) is 0 Å². The highest BCUT2D eigenvalue weighted by Crippen LogP contribution is 2.44. The fourth-order valence-corrected chi connectivity index (χ4v) is 7.57. The minimum atomic E-state index is 0.997. The Labute approximate surface area is 259 Å². The third kappa shape index (κ3) is 3.48. The quantitative estimate of drug-likeness (QED) is 0.149. The number of imidazole rings is 1. The lowest BCUT2D eigenvalue weighted by Gasteiger charge is -2.18. The molecule has 0 saturated carbocycles. The second-order valence-corrected chi connectivity index (χ2v) is 11.9. The first kappa shape index (κ1) is 24.5. The summed E-state index contributed by atoms with van der Waals surface area (Å²) in [5.41, 5.74) is 9.23. The molecule has 2 heterocycles. The molecule has 0 unspecified atom stereocenters. The molecule has 0 aliphatic carbocycles. The molecular formula is C43H26N2. The van der Waals surface area contributed by atoms with Gasteiger partial charge in [-0.05, 0) is 90.3 Å². The summed E-state index contributed by atoms with van der Waals surface area (Å²) in [5, 5.41) is 11.2. The highest BCUT2D eigenvalue weighted by atomic mass is 15.0.